The van der Waals surface area contributed by atoms with Crippen LogP contribution < -0.4 is 15.5 Å². The van der Waals surface area contributed by atoms with Crippen LogP contribution in [0.25, 0.3) is 10.6 Å². The zero-order chi connectivity index (χ0) is 29.0. The molecule has 42 heavy (non-hydrogen) atoms. The van der Waals surface area contributed by atoms with E-state index in [1.54, 1.807) is 17.8 Å². The van der Waals surface area contributed by atoms with Gasteiger partial charge in [0, 0.05) is 70.9 Å². The SMILES string of the molecule is Cc1sc(-c2nc(Nc3ccc(N4CC5CC4CN5)cc3C3CC3)ncc2C(F)(F)F)cc1SCCN(C=O)C1CC1. The van der Waals surface area contributed by atoms with Gasteiger partial charge in [0.25, 0.3) is 0 Å². The van der Waals surface area contributed by atoms with E-state index in [4.69, 9.17) is 0 Å². The fraction of sp³-hybridized carbons (Fsp3) is 0.500. The van der Waals surface area contributed by atoms with Crippen LogP contribution in [0.4, 0.5) is 30.5 Å². The second-order valence-corrected chi connectivity index (χ2v) is 14.1. The van der Waals surface area contributed by atoms with Crippen LogP contribution in [0.5, 0.6) is 0 Å². The highest BCUT2D eigenvalue weighted by Gasteiger charge is 2.39. The highest BCUT2D eigenvalue weighted by molar-refractivity contribution is 7.99. The van der Waals surface area contributed by atoms with E-state index < -0.39 is 11.7 Å². The van der Waals surface area contributed by atoms with Crippen LogP contribution in [0, 0.1) is 6.92 Å². The summed E-state index contributed by atoms with van der Waals surface area (Å²) in [5.41, 5.74) is 2.27. The van der Waals surface area contributed by atoms with Crippen molar-refractivity contribution in [3.63, 3.8) is 0 Å². The van der Waals surface area contributed by atoms with E-state index in [0.29, 0.717) is 41.2 Å². The number of fused-ring (bicyclic) bond motifs is 2. The van der Waals surface area contributed by atoms with Crippen LogP contribution in [0.15, 0.2) is 35.4 Å². The molecule has 1 aromatic carbocycles. The van der Waals surface area contributed by atoms with E-state index in [1.165, 1.54) is 29.0 Å². The number of carbonyl (C=O) groups is 1. The number of halogens is 3. The van der Waals surface area contributed by atoms with Gasteiger partial charge in [-0.3, -0.25) is 4.79 Å². The van der Waals surface area contributed by atoms with E-state index in [-0.39, 0.29) is 11.6 Å². The van der Waals surface area contributed by atoms with Crippen molar-refractivity contribution < 1.29 is 18.0 Å². The number of piperazine rings is 1. The number of benzene rings is 1. The second kappa shape index (κ2) is 11.0. The molecule has 4 heterocycles. The quantitative estimate of drug-likeness (QED) is 0.191. The third kappa shape index (κ3) is 5.72. The number of hydrogen-bond donors (Lipinski definition) is 2. The minimum Gasteiger partial charge on any atom is -0.366 e. The monoisotopic (exact) mass is 614 g/mol. The van der Waals surface area contributed by atoms with Gasteiger partial charge in [0.15, 0.2) is 0 Å². The average Bonchev–Trinajstić information content (AvgIpc) is 3.89. The number of thiophene rings is 1. The van der Waals surface area contributed by atoms with Gasteiger partial charge in [-0.05, 0) is 74.8 Å². The van der Waals surface area contributed by atoms with Gasteiger partial charge in [0.05, 0.1) is 10.6 Å². The number of nitrogens with zero attached hydrogens (tertiary/aromatic N) is 4. The van der Waals surface area contributed by atoms with Crippen molar-refractivity contribution in [1.29, 1.82) is 0 Å². The van der Waals surface area contributed by atoms with Crippen molar-refractivity contribution in [2.75, 3.05) is 35.6 Å². The molecule has 2 saturated heterocycles. The Balaban J connectivity index is 1.14. The Kier molecular flexibility index (Phi) is 7.34. The Labute approximate surface area is 251 Å². The number of alkyl halides is 3. The molecular weight excluding hydrogens is 581 g/mol. The predicted molar refractivity (Wildman–Crippen MR) is 161 cm³/mol. The van der Waals surface area contributed by atoms with Gasteiger partial charge in [-0.15, -0.1) is 23.1 Å². The molecule has 0 spiro atoms. The lowest BCUT2D eigenvalue weighted by atomic mass is 10.1. The maximum atomic E-state index is 14.1. The molecule has 2 N–H and O–H groups in total. The van der Waals surface area contributed by atoms with Crippen molar-refractivity contribution in [1.82, 2.24) is 20.2 Å². The Morgan fingerprint density at radius 3 is 2.74 bits per heavy atom. The highest BCUT2D eigenvalue weighted by Crippen LogP contribution is 2.47. The largest absolute Gasteiger partial charge is 0.420 e. The second-order valence-electron chi connectivity index (χ2n) is 11.7. The van der Waals surface area contributed by atoms with Gasteiger partial charge in [0.1, 0.15) is 5.56 Å². The molecule has 2 aliphatic carbocycles. The molecule has 2 saturated carbocycles. The molecule has 12 heteroatoms. The van der Waals surface area contributed by atoms with Crippen LogP contribution in [-0.2, 0) is 11.0 Å². The summed E-state index contributed by atoms with van der Waals surface area (Å²) in [4.78, 5) is 26.5. The molecule has 3 aromatic rings. The molecular formula is C30H33F3N6OS2. The molecule has 2 bridgehead atoms. The summed E-state index contributed by atoms with van der Waals surface area (Å²) < 4.78 is 42.3. The number of amides is 1. The molecule has 2 aromatic heterocycles. The first-order valence-corrected chi connectivity index (χ1v) is 16.4. The Morgan fingerprint density at radius 1 is 1.24 bits per heavy atom. The fourth-order valence-corrected chi connectivity index (χ4v) is 8.34. The summed E-state index contributed by atoms with van der Waals surface area (Å²) in [6.07, 6.45) is 2.65. The summed E-state index contributed by atoms with van der Waals surface area (Å²) in [6, 6.07) is 9.56. The van der Waals surface area contributed by atoms with Gasteiger partial charge < -0.3 is 20.4 Å². The van der Waals surface area contributed by atoms with Crippen molar-refractivity contribution >= 4 is 46.8 Å². The summed E-state index contributed by atoms with van der Waals surface area (Å²) in [6.45, 7) is 4.54. The van der Waals surface area contributed by atoms with Crippen LogP contribution in [-0.4, -0.2) is 64.8 Å². The average molecular weight is 615 g/mol. The molecule has 1 amide bonds. The highest BCUT2D eigenvalue weighted by atomic mass is 32.2. The molecule has 2 aliphatic heterocycles. The van der Waals surface area contributed by atoms with Crippen molar-refractivity contribution in [2.24, 2.45) is 0 Å². The maximum Gasteiger partial charge on any atom is 0.420 e. The van der Waals surface area contributed by atoms with Crippen LogP contribution in [0.3, 0.4) is 0 Å². The standard InChI is InChI=1S/C30H33F3N6OS2/c1-17-26(41-9-8-38(16-40)20-4-5-20)12-27(42-17)28-24(30(31,32)33)14-35-29(37-28)36-25-7-6-21(11-23(25)18-2-3-18)39-15-19-10-22(39)13-34-19/h6-7,11-12,14,16,18-20,22,34H,2-5,8-10,13,15H2,1H3,(H,35,36,37). The van der Waals surface area contributed by atoms with Gasteiger partial charge >= 0.3 is 6.18 Å². The number of nitrogens with one attached hydrogen (secondary N) is 2. The zero-order valence-electron chi connectivity index (χ0n) is 23.3. The summed E-state index contributed by atoms with van der Waals surface area (Å²) in [5, 5.41) is 6.81. The number of anilines is 3. The normalized spacial score (nSPS) is 21.7. The van der Waals surface area contributed by atoms with Crippen molar-refractivity contribution in [3.05, 3.63) is 46.5 Å². The Hall–Kier alpha value is -2.83. The minimum atomic E-state index is -4.58. The third-order valence-electron chi connectivity index (χ3n) is 8.65. The lowest BCUT2D eigenvalue weighted by molar-refractivity contribution is -0.137. The molecule has 0 radical (unpaired) electrons. The lowest BCUT2D eigenvalue weighted by Gasteiger charge is -2.30. The van der Waals surface area contributed by atoms with Gasteiger partial charge in [0.2, 0.25) is 12.4 Å². The van der Waals surface area contributed by atoms with Crippen molar-refractivity contribution in [2.45, 2.75) is 74.1 Å². The number of thioether (sulfide) groups is 1. The molecule has 4 fully saturated rings. The van der Waals surface area contributed by atoms with E-state index in [0.717, 1.165) is 66.8 Å². The van der Waals surface area contributed by atoms with Gasteiger partial charge in [-0.2, -0.15) is 13.2 Å². The summed E-state index contributed by atoms with van der Waals surface area (Å²) >= 11 is 2.86. The molecule has 4 aliphatic rings. The summed E-state index contributed by atoms with van der Waals surface area (Å²) in [5.74, 6) is 1.28. The number of carbonyl (C=O) groups excluding carboxylic acids is 1. The number of aromatic nitrogens is 2. The number of hydrogen-bond acceptors (Lipinski definition) is 8. The molecule has 2 unspecified atom stereocenters. The van der Waals surface area contributed by atoms with Gasteiger partial charge in [-0.25, -0.2) is 9.97 Å². The first-order chi connectivity index (χ1) is 20.3. The van der Waals surface area contributed by atoms with Crippen molar-refractivity contribution in [3.8, 4) is 10.6 Å². The zero-order valence-corrected chi connectivity index (χ0v) is 24.9. The Bertz CT molecular complexity index is 1490. The first-order valence-electron chi connectivity index (χ1n) is 14.6. The van der Waals surface area contributed by atoms with E-state index >= 15 is 0 Å². The Morgan fingerprint density at radius 2 is 2.07 bits per heavy atom. The minimum absolute atomic E-state index is 0.113. The van der Waals surface area contributed by atoms with Gasteiger partial charge in [-0.1, -0.05) is 0 Å². The fourth-order valence-electron chi connectivity index (χ4n) is 6.12. The van der Waals surface area contributed by atoms with E-state index in [9.17, 15) is 18.0 Å². The molecule has 2 atom stereocenters. The summed E-state index contributed by atoms with van der Waals surface area (Å²) in [7, 11) is 0. The van der Waals surface area contributed by atoms with Crippen LogP contribution in [0.1, 0.15) is 54.0 Å². The third-order valence-corrected chi connectivity index (χ3v) is 11.0. The maximum absolute atomic E-state index is 14.1. The molecule has 222 valence electrons. The van der Waals surface area contributed by atoms with E-state index in [1.807, 2.05) is 17.9 Å². The van der Waals surface area contributed by atoms with E-state index in [2.05, 4.69) is 37.6 Å². The predicted octanol–water partition coefficient (Wildman–Crippen LogP) is 6.42. The van der Waals surface area contributed by atoms with Crippen LogP contribution in [0.2, 0.25) is 0 Å². The number of rotatable bonds is 11. The molecule has 7 nitrogen and oxygen atoms in total. The first kappa shape index (κ1) is 28.0. The van der Waals surface area contributed by atoms with Crippen LogP contribution >= 0.6 is 23.1 Å². The smallest absolute Gasteiger partial charge is 0.366 e. The number of aryl methyl sites for hydroxylation is 1. The topological polar surface area (TPSA) is 73.4 Å². The lowest BCUT2D eigenvalue weighted by Crippen LogP contribution is -2.43. The molecule has 7 rings (SSSR count).